The molecule has 0 saturated carbocycles. The van der Waals surface area contributed by atoms with Crippen LogP contribution in [0.15, 0.2) is 53.4 Å². The Bertz CT molecular complexity index is 836. The highest BCUT2D eigenvalue weighted by atomic mass is 35.5. The van der Waals surface area contributed by atoms with Crippen LogP contribution >= 0.6 is 11.6 Å². The highest BCUT2D eigenvalue weighted by Crippen LogP contribution is 2.25. The van der Waals surface area contributed by atoms with Crippen molar-refractivity contribution >= 4 is 33.2 Å². The number of carbonyl (C=O) groups excluding carboxylic acids is 1. The zero-order valence-electron chi connectivity index (χ0n) is 14.6. The van der Waals surface area contributed by atoms with Crippen molar-refractivity contribution in [2.75, 3.05) is 24.5 Å². The van der Waals surface area contributed by atoms with Gasteiger partial charge in [0.15, 0.2) is 6.61 Å². The van der Waals surface area contributed by atoms with Crippen molar-refractivity contribution in [3.8, 4) is 5.75 Å². The van der Waals surface area contributed by atoms with Gasteiger partial charge in [-0.05, 0) is 55.0 Å². The van der Waals surface area contributed by atoms with Gasteiger partial charge < -0.3 is 10.1 Å². The fourth-order valence-electron chi connectivity index (χ4n) is 2.12. The number of halogens is 1. The predicted molar refractivity (Wildman–Crippen MR) is 102 cm³/mol. The standard InChI is InChI=1S/C18H21ClN2O4S/c1-3-12-20-18(22)13-25-16-8-6-15(7-9-16)21(2)26(23,24)17-10-4-14(19)5-11-17/h4-11H,3,12-13H2,1-2H3,(H,20,22). The van der Waals surface area contributed by atoms with Crippen LogP contribution < -0.4 is 14.4 Å². The van der Waals surface area contributed by atoms with Crippen LogP contribution in [0, 0.1) is 0 Å². The lowest BCUT2D eigenvalue weighted by atomic mass is 10.3. The topological polar surface area (TPSA) is 75.7 Å². The molecule has 2 rings (SSSR count). The number of hydrogen-bond acceptors (Lipinski definition) is 4. The van der Waals surface area contributed by atoms with E-state index in [0.717, 1.165) is 6.42 Å². The molecule has 1 N–H and O–H groups in total. The molecule has 0 aliphatic carbocycles. The summed E-state index contributed by atoms with van der Waals surface area (Å²) in [7, 11) is -2.22. The van der Waals surface area contributed by atoms with E-state index in [2.05, 4.69) is 5.32 Å². The third-order valence-electron chi connectivity index (χ3n) is 3.61. The van der Waals surface area contributed by atoms with Crippen molar-refractivity contribution in [2.24, 2.45) is 0 Å². The van der Waals surface area contributed by atoms with Crippen LogP contribution in [0.5, 0.6) is 5.75 Å². The zero-order valence-corrected chi connectivity index (χ0v) is 16.2. The van der Waals surface area contributed by atoms with Gasteiger partial charge >= 0.3 is 0 Å². The van der Waals surface area contributed by atoms with Crippen LogP contribution in [0.4, 0.5) is 5.69 Å². The Morgan fingerprint density at radius 1 is 1.12 bits per heavy atom. The molecular formula is C18H21ClN2O4S. The van der Waals surface area contributed by atoms with Gasteiger partial charge in [0.2, 0.25) is 0 Å². The van der Waals surface area contributed by atoms with Crippen LogP contribution in [0.1, 0.15) is 13.3 Å². The van der Waals surface area contributed by atoms with Crippen molar-refractivity contribution < 1.29 is 17.9 Å². The van der Waals surface area contributed by atoms with Crippen LogP contribution in [0.2, 0.25) is 5.02 Å². The molecule has 2 aromatic carbocycles. The molecule has 8 heteroatoms. The Hall–Kier alpha value is -2.25. The number of nitrogens with zero attached hydrogens (tertiary/aromatic N) is 1. The van der Waals surface area contributed by atoms with Gasteiger partial charge in [0.1, 0.15) is 5.75 Å². The number of rotatable bonds is 8. The zero-order chi connectivity index (χ0) is 19.2. The third kappa shape index (κ3) is 5.12. The normalized spacial score (nSPS) is 11.0. The number of anilines is 1. The average molecular weight is 397 g/mol. The summed E-state index contributed by atoms with van der Waals surface area (Å²) >= 11 is 5.80. The number of ether oxygens (including phenoxy) is 1. The average Bonchev–Trinajstić information content (AvgIpc) is 2.64. The molecule has 1 amide bonds. The van der Waals surface area contributed by atoms with E-state index in [-0.39, 0.29) is 17.4 Å². The van der Waals surface area contributed by atoms with Gasteiger partial charge in [0.05, 0.1) is 10.6 Å². The molecule has 0 fully saturated rings. The summed E-state index contributed by atoms with van der Waals surface area (Å²) in [6.45, 7) is 2.49. The van der Waals surface area contributed by atoms with Gasteiger partial charge in [0, 0.05) is 18.6 Å². The van der Waals surface area contributed by atoms with Gasteiger partial charge in [-0.25, -0.2) is 8.42 Å². The number of sulfonamides is 1. The molecule has 0 bridgehead atoms. The molecular weight excluding hydrogens is 376 g/mol. The molecule has 0 atom stereocenters. The summed E-state index contributed by atoms with van der Waals surface area (Å²) < 4.78 is 31.8. The molecule has 6 nitrogen and oxygen atoms in total. The van der Waals surface area contributed by atoms with Gasteiger partial charge in [-0.2, -0.15) is 0 Å². The summed E-state index contributed by atoms with van der Waals surface area (Å²) in [4.78, 5) is 11.7. The first-order valence-electron chi connectivity index (χ1n) is 8.08. The highest BCUT2D eigenvalue weighted by molar-refractivity contribution is 7.92. The summed E-state index contributed by atoms with van der Waals surface area (Å²) in [5, 5.41) is 3.18. The molecule has 0 radical (unpaired) electrons. The Morgan fingerprint density at radius 3 is 2.31 bits per heavy atom. The first-order valence-corrected chi connectivity index (χ1v) is 9.90. The summed E-state index contributed by atoms with van der Waals surface area (Å²) in [5.74, 6) is 0.288. The minimum absolute atomic E-state index is 0.0851. The first-order chi connectivity index (χ1) is 12.3. The lowest BCUT2D eigenvalue weighted by Crippen LogP contribution is -2.29. The van der Waals surface area contributed by atoms with Gasteiger partial charge in [0.25, 0.3) is 15.9 Å². The Morgan fingerprint density at radius 2 is 1.73 bits per heavy atom. The van der Waals surface area contributed by atoms with E-state index in [1.54, 1.807) is 24.3 Å². The van der Waals surface area contributed by atoms with Crippen LogP contribution in [0.3, 0.4) is 0 Å². The van der Waals surface area contributed by atoms with Crippen LogP contribution in [0.25, 0.3) is 0 Å². The molecule has 2 aromatic rings. The maximum Gasteiger partial charge on any atom is 0.264 e. The smallest absolute Gasteiger partial charge is 0.264 e. The van der Waals surface area contributed by atoms with Crippen LogP contribution in [-0.2, 0) is 14.8 Å². The van der Waals surface area contributed by atoms with Crippen molar-refractivity contribution in [3.05, 3.63) is 53.6 Å². The minimum atomic E-state index is -3.69. The number of benzene rings is 2. The molecule has 140 valence electrons. The van der Waals surface area contributed by atoms with E-state index in [0.29, 0.717) is 23.0 Å². The quantitative estimate of drug-likeness (QED) is 0.744. The monoisotopic (exact) mass is 396 g/mol. The highest BCUT2D eigenvalue weighted by Gasteiger charge is 2.21. The Labute approximate surface area is 158 Å². The largest absolute Gasteiger partial charge is 0.484 e. The molecule has 0 unspecified atom stereocenters. The SMILES string of the molecule is CCCNC(=O)COc1ccc(N(C)S(=O)(=O)c2ccc(Cl)cc2)cc1. The lowest BCUT2D eigenvalue weighted by molar-refractivity contribution is -0.123. The van der Waals surface area contributed by atoms with Gasteiger partial charge in [-0.15, -0.1) is 0 Å². The van der Waals surface area contributed by atoms with Gasteiger partial charge in [-0.3, -0.25) is 9.10 Å². The fraction of sp³-hybridized carbons (Fsp3) is 0.278. The molecule has 0 aliphatic heterocycles. The molecule has 0 saturated heterocycles. The molecule has 0 spiro atoms. The molecule has 0 aromatic heterocycles. The van der Waals surface area contributed by atoms with E-state index in [1.807, 2.05) is 6.92 Å². The van der Waals surface area contributed by atoms with Crippen molar-refractivity contribution in [1.29, 1.82) is 0 Å². The van der Waals surface area contributed by atoms with E-state index in [1.165, 1.54) is 35.6 Å². The Balaban J connectivity index is 2.05. The number of hydrogen-bond donors (Lipinski definition) is 1. The van der Waals surface area contributed by atoms with E-state index < -0.39 is 10.0 Å². The second kappa shape index (κ2) is 8.91. The minimum Gasteiger partial charge on any atom is -0.484 e. The molecule has 26 heavy (non-hydrogen) atoms. The van der Waals surface area contributed by atoms with E-state index in [4.69, 9.17) is 16.3 Å². The molecule has 0 aliphatic rings. The fourth-order valence-corrected chi connectivity index (χ4v) is 3.44. The summed E-state index contributed by atoms with van der Waals surface area (Å²) in [6, 6.07) is 12.5. The first kappa shape index (κ1) is 20.1. The van der Waals surface area contributed by atoms with Gasteiger partial charge in [-0.1, -0.05) is 18.5 Å². The molecule has 0 heterocycles. The lowest BCUT2D eigenvalue weighted by Gasteiger charge is -2.20. The number of carbonyl (C=O) groups is 1. The van der Waals surface area contributed by atoms with E-state index >= 15 is 0 Å². The maximum absolute atomic E-state index is 12.6. The van der Waals surface area contributed by atoms with Crippen molar-refractivity contribution in [3.63, 3.8) is 0 Å². The van der Waals surface area contributed by atoms with Crippen molar-refractivity contribution in [1.82, 2.24) is 5.32 Å². The Kier molecular flexibility index (Phi) is 6.88. The summed E-state index contributed by atoms with van der Waals surface area (Å²) in [5.41, 5.74) is 0.475. The maximum atomic E-state index is 12.6. The van der Waals surface area contributed by atoms with E-state index in [9.17, 15) is 13.2 Å². The number of nitrogens with one attached hydrogen (secondary N) is 1. The predicted octanol–water partition coefficient (Wildman–Crippen LogP) is 3.07. The van der Waals surface area contributed by atoms with Crippen LogP contribution in [-0.4, -0.2) is 34.5 Å². The van der Waals surface area contributed by atoms with Crippen molar-refractivity contribution in [2.45, 2.75) is 18.2 Å². The third-order valence-corrected chi connectivity index (χ3v) is 5.67. The second-order valence-corrected chi connectivity index (χ2v) is 7.96. The second-order valence-electron chi connectivity index (χ2n) is 5.56. The number of amides is 1. The summed E-state index contributed by atoms with van der Waals surface area (Å²) in [6.07, 6.45) is 0.856.